The van der Waals surface area contributed by atoms with E-state index in [9.17, 15) is 4.79 Å². The van der Waals surface area contributed by atoms with Gasteiger partial charge in [-0.15, -0.1) is 0 Å². The second kappa shape index (κ2) is 6.84. The third-order valence-electron chi connectivity index (χ3n) is 4.91. The van der Waals surface area contributed by atoms with Crippen molar-refractivity contribution in [3.05, 3.63) is 59.2 Å². The van der Waals surface area contributed by atoms with Crippen molar-refractivity contribution >= 4 is 28.8 Å². The van der Waals surface area contributed by atoms with Gasteiger partial charge in [-0.1, -0.05) is 30.7 Å². The molecule has 2 aliphatic heterocycles. The van der Waals surface area contributed by atoms with Crippen LogP contribution in [0.1, 0.15) is 46.9 Å². The Hall–Kier alpha value is -2.40. The summed E-state index contributed by atoms with van der Waals surface area (Å²) in [7, 11) is 0. The molecule has 2 aliphatic rings. The van der Waals surface area contributed by atoms with E-state index < -0.39 is 0 Å². The minimum atomic E-state index is -0.175. The van der Waals surface area contributed by atoms with E-state index in [1.165, 1.54) is 24.0 Å². The minimum Gasteiger partial charge on any atom is -0.355 e. The number of aromatic amines is 1. The normalized spacial score (nSPS) is 20.0. The SMILES string of the molecule is O=C1NC(=C=S)N(Cc2ccccc2[C@@H]2CCCCN2)c2cc[nH]c21. The molecule has 25 heavy (non-hydrogen) atoms. The Morgan fingerprint density at radius 2 is 2.12 bits per heavy atom. The topological polar surface area (TPSA) is 60.2 Å². The van der Waals surface area contributed by atoms with Crippen LogP contribution in [0.3, 0.4) is 0 Å². The molecule has 128 valence electrons. The number of H-pyrrole nitrogens is 1. The molecule has 1 fully saturated rings. The van der Waals surface area contributed by atoms with Crippen LogP contribution in [-0.4, -0.2) is 22.5 Å². The summed E-state index contributed by atoms with van der Waals surface area (Å²) in [6.45, 7) is 1.70. The number of piperidine rings is 1. The standard InChI is InChI=1S/C19H20N4OS/c24-19-18-16(8-10-21-18)23(17(12-25)22-19)11-13-5-1-2-6-14(13)15-7-3-4-9-20-15/h1-2,5-6,8,10,15,20-21H,3-4,7,9,11H2,(H,22,24)/t15-/m0/s1. The zero-order valence-corrected chi connectivity index (χ0v) is 14.7. The molecule has 0 spiro atoms. The van der Waals surface area contributed by atoms with Crippen LogP contribution in [0.15, 0.2) is 42.3 Å². The second-order valence-corrected chi connectivity index (χ2v) is 6.63. The number of nitrogens with zero attached hydrogens (tertiary/aromatic N) is 1. The van der Waals surface area contributed by atoms with Crippen LogP contribution < -0.4 is 15.5 Å². The molecule has 0 bridgehead atoms. The number of aromatic nitrogens is 1. The fourth-order valence-electron chi connectivity index (χ4n) is 3.68. The highest BCUT2D eigenvalue weighted by Crippen LogP contribution is 2.31. The quantitative estimate of drug-likeness (QED) is 0.743. The molecule has 1 atom stereocenters. The van der Waals surface area contributed by atoms with E-state index in [2.05, 4.69) is 44.9 Å². The van der Waals surface area contributed by atoms with Crippen LogP contribution in [0.5, 0.6) is 0 Å². The Labute approximate surface area is 152 Å². The number of fused-ring (bicyclic) bond motifs is 1. The number of carbonyl (C=O) groups is 1. The van der Waals surface area contributed by atoms with Crippen molar-refractivity contribution in [2.45, 2.75) is 31.8 Å². The summed E-state index contributed by atoms with van der Waals surface area (Å²) in [4.78, 5) is 17.2. The lowest BCUT2D eigenvalue weighted by atomic mass is 9.93. The monoisotopic (exact) mass is 352 g/mol. The first-order valence-electron chi connectivity index (χ1n) is 8.60. The number of benzene rings is 1. The lowest BCUT2D eigenvalue weighted by molar-refractivity contribution is 0.0957. The van der Waals surface area contributed by atoms with Crippen molar-refractivity contribution in [1.82, 2.24) is 15.6 Å². The Bertz CT molecular complexity index is 847. The van der Waals surface area contributed by atoms with Gasteiger partial charge in [0.15, 0.2) is 5.82 Å². The van der Waals surface area contributed by atoms with Gasteiger partial charge in [-0.2, -0.15) is 0 Å². The molecule has 6 heteroatoms. The van der Waals surface area contributed by atoms with Crippen LogP contribution in [-0.2, 0) is 6.54 Å². The first-order chi connectivity index (χ1) is 12.3. The third-order valence-corrected chi connectivity index (χ3v) is 5.10. The van der Waals surface area contributed by atoms with E-state index in [0.717, 1.165) is 18.7 Å². The Balaban J connectivity index is 1.69. The average molecular weight is 352 g/mol. The lowest BCUT2D eigenvalue weighted by Crippen LogP contribution is -2.41. The van der Waals surface area contributed by atoms with Gasteiger partial charge < -0.3 is 15.2 Å². The number of hydrogen-bond donors (Lipinski definition) is 3. The van der Waals surface area contributed by atoms with Crippen molar-refractivity contribution in [3.63, 3.8) is 0 Å². The molecular weight excluding hydrogens is 332 g/mol. The molecule has 5 nitrogen and oxygen atoms in total. The molecule has 1 saturated heterocycles. The van der Waals surface area contributed by atoms with Crippen LogP contribution in [0.25, 0.3) is 0 Å². The number of rotatable bonds is 3. The van der Waals surface area contributed by atoms with Crippen molar-refractivity contribution in [2.24, 2.45) is 0 Å². The van der Waals surface area contributed by atoms with E-state index >= 15 is 0 Å². The van der Waals surface area contributed by atoms with Gasteiger partial charge in [0.05, 0.1) is 12.2 Å². The smallest absolute Gasteiger partial charge is 0.275 e. The zero-order valence-electron chi connectivity index (χ0n) is 13.8. The highest BCUT2D eigenvalue weighted by atomic mass is 32.1. The van der Waals surface area contributed by atoms with E-state index in [0.29, 0.717) is 24.1 Å². The first-order valence-corrected chi connectivity index (χ1v) is 9.01. The number of thiocarbonyl (C=S) groups is 1. The highest BCUT2D eigenvalue weighted by Gasteiger charge is 2.29. The molecule has 3 N–H and O–H groups in total. The van der Waals surface area contributed by atoms with Crippen LogP contribution in [0, 0.1) is 0 Å². The van der Waals surface area contributed by atoms with Crippen molar-refractivity contribution < 1.29 is 4.79 Å². The predicted molar refractivity (Wildman–Crippen MR) is 102 cm³/mol. The number of nitrogens with one attached hydrogen (secondary N) is 3. The molecule has 0 radical (unpaired) electrons. The molecule has 0 aliphatic carbocycles. The van der Waals surface area contributed by atoms with Crippen LogP contribution in [0.4, 0.5) is 5.69 Å². The molecule has 1 aromatic carbocycles. The third kappa shape index (κ3) is 3.00. The fraction of sp³-hybridized carbons (Fsp3) is 0.316. The van der Waals surface area contributed by atoms with Crippen molar-refractivity contribution in [1.29, 1.82) is 0 Å². The summed E-state index contributed by atoms with van der Waals surface area (Å²) < 4.78 is 0. The fourth-order valence-corrected chi connectivity index (χ4v) is 3.84. The van der Waals surface area contributed by atoms with Crippen LogP contribution in [0.2, 0.25) is 0 Å². The second-order valence-electron chi connectivity index (χ2n) is 6.43. The summed E-state index contributed by atoms with van der Waals surface area (Å²) in [5.41, 5.74) is 3.94. The summed E-state index contributed by atoms with van der Waals surface area (Å²) in [6, 6.07) is 10.8. The average Bonchev–Trinajstić information content (AvgIpc) is 3.15. The van der Waals surface area contributed by atoms with E-state index in [4.69, 9.17) is 12.2 Å². The van der Waals surface area contributed by atoms with E-state index in [1.54, 1.807) is 6.20 Å². The molecule has 4 rings (SSSR count). The number of amides is 1. The summed E-state index contributed by atoms with van der Waals surface area (Å²) in [6.07, 6.45) is 5.41. The summed E-state index contributed by atoms with van der Waals surface area (Å²) in [5, 5.41) is 9.14. The maximum Gasteiger partial charge on any atom is 0.275 e. The van der Waals surface area contributed by atoms with Gasteiger partial charge in [0, 0.05) is 12.2 Å². The molecule has 2 aromatic rings. The Morgan fingerprint density at radius 1 is 1.24 bits per heavy atom. The molecule has 3 heterocycles. The molecular formula is C19H20N4OS. The Morgan fingerprint density at radius 3 is 2.92 bits per heavy atom. The van der Waals surface area contributed by atoms with Crippen molar-refractivity contribution in [2.75, 3.05) is 11.4 Å². The highest BCUT2D eigenvalue weighted by molar-refractivity contribution is 7.78. The van der Waals surface area contributed by atoms with Gasteiger partial charge in [0.25, 0.3) is 5.91 Å². The van der Waals surface area contributed by atoms with Gasteiger partial charge >= 0.3 is 0 Å². The van der Waals surface area contributed by atoms with Gasteiger partial charge in [0.2, 0.25) is 0 Å². The van der Waals surface area contributed by atoms with Crippen molar-refractivity contribution in [3.8, 4) is 0 Å². The van der Waals surface area contributed by atoms with Gasteiger partial charge in [-0.05, 0) is 53.8 Å². The first kappa shape index (κ1) is 16.1. The molecule has 1 aromatic heterocycles. The van der Waals surface area contributed by atoms with E-state index in [1.807, 2.05) is 11.0 Å². The number of anilines is 1. The molecule has 1 amide bonds. The maximum absolute atomic E-state index is 12.1. The van der Waals surface area contributed by atoms with Crippen LogP contribution >= 0.6 is 12.2 Å². The summed E-state index contributed by atoms with van der Waals surface area (Å²) in [5.74, 6) is 0.351. The number of hydrogen-bond acceptors (Lipinski definition) is 4. The lowest BCUT2D eigenvalue weighted by Gasteiger charge is -2.32. The van der Waals surface area contributed by atoms with Gasteiger partial charge in [0.1, 0.15) is 5.69 Å². The Kier molecular flexibility index (Phi) is 4.40. The predicted octanol–water partition coefficient (Wildman–Crippen LogP) is 3.02. The van der Waals surface area contributed by atoms with Gasteiger partial charge in [-0.3, -0.25) is 10.1 Å². The largest absolute Gasteiger partial charge is 0.355 e. The molecule has 0 saturated carbocycles. The minimum absolute atomic E-state index is 0.175. The van der Waals surface area contributed by atoms with Gasteiger partial charge in [-0.25, -0.2) is 0 Å². The van der Waals surface area contributed by atoms with E-state index in [-0.39, 0.29) is 5.91 Å². The summed E-state index contributed by atoms with van der Waals surface area (Å²) >= 11 is 5.01. The zero-order chi connectivity index (χ0) is 17.2. The number of carbonyl (C=O) groups excluding carboxylic acids is 1. The molecule has 0 unspecified atom stereocenters. The maximum atomic E-state index is 12.1.